The van der Waals surface area contributed by atoms with Gasteiger partial charge in [0.05, 0.1) is 10.5 Å². The molecule has 0 atom stereocenters. The summed E-state index contributed by atoms with van der Waals surface area (Å²) in [4.78, 5) is 51.1. The highest BCUT2D eigenvalue weighted by Crippen LogP contribution is 2.36. The summed E-state index contributed by atoms with van der Waals surface area (Å²) >= 11 is 0.624. The summed E-state index contributed by atoms with van der Waals surface area (Å²) in [5.41, 5.74) is -0.910. The number of carbonyl (C=O) groups excluding carboxylic acids is 4. The molecular formula is C23H27F3N4O5S. The van der Waals surface area contributed by atoms with Crippen LogP contribution in [0.15, 0.2) is 23.1 Å². The van der Waals surface area contributed by atoms with Gasteiger partial charge in [0.1, 0.15) is 5.60 Å². The van der Waals surface area contributed by atoms with Crippen molar-refractivity contribution in [2.24, 2.45) is 0 Å². The molecule has 2 aliphatic rings. The minimum atomic E-state index is -4.58. The smallest absolute Gasteiger partial charge is 0.416 e. The molecular weight excluding hydrogens is 501 g/mol. The van der Waals surface area contributed by atoms with Gasteiger partial charge in [-0.05, 0) is 62.4 Å². The molecule has 0 aromatic heterocycles. The first-order valence-electron chi connectivity index (χ1n) is 11.2. The molecule has 2 aliphatic heterocycles. The van der Waals surface area contributed by atoms with Crippen LogP contribution in [0.1, 0.15) is 38.3 Å². The van der Waals surface area contributed by atoms with Gasteiger partial charge in [-0.2, -0.15) is 13.2 Å². The molecule has 0 bridgehead atoms. The van der Waals surface area contributed by atoms with Gasteiger partial charge in [-0.1, -0.05) is 0 Å². The van der Waals surface area contributed by atoms with Crippen molar-refractivity contribution < 1.29 is 37.1 Å². The summed E-state index contributed by atoms with van der Waals surface area (Å²) in [7, 11) is 0. The number of nitrogens with zero attached hydrogens (tertiary/aromatic N) is 2. The van der Waals surface area contributed by atoms with Crippen LogP contribution in [0.3, 0.4) is 0 Å². The fourth-order valence-corrected chi connectivity index (χ4v) is 4.31. The predicted molar refractivity (Wildman–Crippen MR) is 128 cm³/mol. The Bertz CT molecular complexity index is 1080. The maximum absolute atomic E-state index is 13.3. The number of imide groups is 1. The van der Waals surface area contributed by atoms with Crippen molar-refractivity contribution in [2.45, 2.75) is 39.0 Å². The third-order valence-corrected chi connectivity index (χ3v) is 6.07. The van der Waals surface area contributed by atoms with E-state index in [-0.39, 0.29) is 29.3 Å². The van der Waals surface area contributed by atoms with E-state index >= 15 is 0 Å². The normalized spacial score (nSPS) is 17.9. The van der Waals surface area contributed by atoms with Gasteiger partial charge in [-0.15, -0.1) is 0 Å². The molecule has 1 aromatic carbocycles. The Kier molecular flexibility index (Phi) is 8.22. The number of rotatable bonds is 5. The van der Waals surface area contributed by atoms with Crippen LogP contribution in [0.5, 0.6) is 0 Å². The number of hydrogen-bond donors (Lipinski definition) is 2. The Balaban J connectivity index is 1.65. The zero-order valence-electron chi connectivity index (χ0n) is 20.0. The van der Waals surface area contributed by atoms with Gasteiger partial charge in [-0.3, -0.25) is 19.7 Å². The second-order valence-corrected chi connectivity index (χ2v) is 10.2. The lowest BCUT2D eigenvalue weighted by Gasteiger charge is -2.37. The number of alkyl carbamates (subject to hydrolysis) is 1. The molecule has 0 aliphatic carbocycles. The SMILES string of the molecule is CC(C)(C)OC(=O)NCCC(=O)N1CCN(c2ccc(C(F)(F)F)cc2/C=C2\SC(=O)NC2=O)CC1. The molecule has 2 fully saturated rings. The van der Waals surface area contributed by atoms with Crippen molar-refractivity contribution in [3.8, 4) is 0 Å². The van der Waals surface area contributed by atoms with E-state index in [0.717, 1.165) is 12.1 Å². The highest BCUT2D eigenvalue weighted by molar-refractivity contribution is 8.18. The van der Waals surface area contributed by atoms with Gasteiger partial charge >= 0.3 is 12.3 Å². The second kappa shape index (κ2) is 10.8. The van der Waals surface area contributed by atoms with Crippen molar-refractivity contribution >= 4 is 46.7 Å². The van der Waals surface area contributed by atoms with E-state index in [1.165, 1.54) is 12.1 Å². The Morgan fingerprint density at radius 3 is 2.36 bits per heavy atom. The zero-order chi connectivity index (χ0) is 26.7. The molecule has 3 rings (SSSR count). The van der Waals surface area contributed by atoms with Gasteiger partial charge in [0.25, 0.3) is 11.1 Å². The minimum absolute atomic E-state index is 0.00637. The van der Waals surface area contributed by atoms with Gasteiger partial charge in [0.15, 0.2) is 0 Å². The van der Waals surface area contributed by atoms with E-state index in [1.807, 2.05) is 4.90 Å². The van der Waals surface area contributed by atoms with E-state index in [1.54, 1.807) is 25.7 Å². The lowest BCUT2D eigenvalue weighted by atomic mass is 10.1. The lowest BCUT2D eigenvalue weighted by Crippen LogP contribution is -2.49. The predicted octanol–water partition coefficient (Wildman–Crippen LogP) is 3.59. The van der Waals surface area contributed by atoms with E-state index in [0.29, 0.717) is 43.6 Å². The highest BCUT2D eigenvalue weighted by atomic mass is 32.2. The Morgan fingerprint density at radius 2 is 1.81 bits per heavy atom. The number of nitrogens with one attached hydrogen (secondary N) is 2. The topological polar surface area (TPSA) is 108 Å². The van der Waals surface area contributed by atoms with Crippen LogP contribution in [0.2, 0.25) is 0 Å². The van der Waals surface area contributed by atoms with Crippen LogP contribution in [0.25, 0.3) is 6.08 Å². The molecule has 4 amide bonds. The van der Waals surface area contributed by atoms with Gasteiger partial charge in [-0.25, -0.2) is 4.79 Å². The molecule has 2 saturated heterocycles. The van der Waals surface area contributed by atoms with Crippen molar-refractivity contribution in [1.29, 1.82) is 0 Å². The molecule has 0 saturated carbocycles. The van der Waals surface area contributed by atoms with Crippen LogP contribution in [0, 0.1) is 0 Å². The van der Waals surface area contributed by atoms with Crippen molar-refractivity contribution in [2.75, 3.05) is 37.6 Å². The molecule has 2 heterocycles. The number of alkyl halides is 3. The number of ether oxygens (including phenoxy) is 1. The Morgan fingerprint density at radius 1 is 1.14 bits per heavy atom. The lowest BCUT2D eigenvalue weighted by molar-refractivity contribution is -0.137. The number of anilines is 1. The number of piperazine rings is 1. The molecule has 196 valence electrons. The van der Waals surface area contributed by atoms with E-state index in [4.69, 9.17) is 4.74 Å². The quantitative estimate of drug-likeness (QED) is 0.563. The van der Waals surface area contributed by atoms with Gasteiger partial charge < -0.3 is 19.9 Å². The number of amides is 4. The number of benzene rings is 1. The monoisotopic (exact) mass is 528 g/mol. The largest absolute Gasteiger partial charge is 0.444 e. The van der Waals surface area contributed by atoms with Gasteiger partial charge in [0.2, 0.25) is 5.91 Å². The van der Waals surface area contributed by atoms with Crippen LogP contribution >= 0.6 is 11.8 Å². The van der Waals surface area contributed by atoms with Crippen molar-refractivity contribution in [3.05, 3.63) is 34.2 Å². The summed E-state index contributed by atoms with van der Waals surface area (Å²) in [6.07, 6.45) is -3.84. The third-order valence-electron chi connectivity index (χ3n) is 5.26. The zero-order valence-corrected chi connectivity index (χ0v) is 20.8. The maximum Gasteiger partial charge on any atom is 0.416 e. The fraction of sp³-hybridized carbons (Fsp3) is 0.478. The standard InChI is InChI=1S/C23H27F3N4O5S/c1-22(2,3)35-20(33)27-7-6-18(31)30-10-8-29(9-11-30)16-5-4-15(23(24,25)26)12-14(16)13-17-19(32)28-21(34)36-17/h4-5,12-13H,6-11H2,1-3H3,(H,27,33)(H,28,32,34)/b17-13-. The molecule has 0 radical (unpaired) electrons. The number of carbonyl (C=O) groups is 4. The third kappa shape index (κ3) is 7.39. The van der Waals surface area contributed by atoms with Crippen molar-refractivity contribution in [3.63, 3.8) is 0 Å². The summed E-state index contributed by atoms with van der Waals surface area (Å²) in [6, 6.07) is 3.24. The first kappa shape index (κ1) is 27.4. The average molecular weight is 529 g/mol. The minimum Gasteiger partial charge on any atom is -0.444 e. The maximum atomic E-state index is 13.3. The fourth-order valence-electron chi connectivity index (χ4n) is 3.64. The molecule has 1 aromatic rings. The molecule has 0 spiro atoms. The van der Waals surface area contributed by atoms with Crippen LogP contribution in [-0.4, -0.2) is 66.4 Å². The van der Waals surface area contributed by atoms with E-state index in [9.17, 15) is 32.3 Å². The van der Waals surface area contributed by atoms with Crippen LogP contribution in [0.4, 0.5) is 28.4 Å². The molecule has 2 N–H and O–H groups in total. The molecule has 13 heteroatoms. The average Bonchev–Trinajstić information content (AvgIpc) is 3.08. The van der Waals surface area contributed by atoms with Crippen LogP contribution < -0.4 is 15.5 Å². The highest BCUT2D eigenvalue weighted by Gasteiger charge is 2.32. The molecule has 36 heavy (non-hydrogen) atoms. The second-order valence-electron chi connectivity index (χ2n) is 9.17. The first-order valence-corrected chi connectivity index (χ1v) is 12.0. The Hall–Kier alpha value is -3.22. The van der Waals surface area contributed by atoms with Gasteiger partial charge in [0, 0.05) is 44.8 Å². The Labute approximate surface area is 210 Å². The summed E-state index contributed by atoms with van der Waals surface area (Å²) < 4.78 is 45.1. The summed E-state index contributed by atoms with van der Waals surface area (Å²) in [5.74, 6) is -0.832. The first-order chi connectivity index (χ1) is 16.7. The number of hydrogen-bond acceptors (Lipinski definition) is 7. The van der Waals surface area contributed by atoms with E-state index in [2.05, 4.69) is 10.6 Å². The van der Waals surface area contributed by atoms with Crippen LogP contribution in [-0.2, 0) is 20.5 Å². The molecule has 0 unspecified atom stereocenters. The summed E-state index contributed by atoms with van der Waals surface area (Å²) in [5, 5.41) is 4.03. The van der Waals surface area contributed by atoms with E-state index < -0.39 is 34.6 Å². The number of thioether (sulfide) groups is 1. The number of halogens is 3. The molecule has 9 nitrogen and oxygen atoms in total. The van der Waals surface area contributed by atoms with Crippen molar-refractivity contribution in [1.82, 2.24) is 15.5 Å². The summed E-state index contributed by atoms with van der Waals surface area (Å²) in [6.45, 7) is 6.68.